The van der Waals surface area contributed by atoms with Crippen LogP contribution in [0.3, 0.4) is 0 Å². The number of carbonyl (C=O) groups excluding carboxylic acids is 1. The average molecular weight is 387 g/mol. The van der Waals surface area contributed by atoms with E-state index in [0.29, 0.717) is 16.6 Å². The van der Waals surface area contributed by atoms with Crippen LogP contribution in [0.15, 0.2) is 10.7 Å². The lowest BCUT2D eigenvalue weighted by Gasteiger charge is -2.10. The summed E-state index contributed by atoms with van der Waals surface area (Å²) in [6.45, 7) is 1.95. The number of halogens is 4. The zero-order valence-electron chi connectivity index (χ0n) is 9.55. The molecule has 0 unspecified atom stereocenters. The number of aromatic nitrogens is 1. The van der Waals surface area contributed by atoms with Crippen molar-refractivity contribution in [2.75, 3.05) is 6.61 Å². The highest BCUT2D eigenvalue weighted by molar-refractivity contribution is 9.10. The van der Waals surface area contributed by atoms with Gasteiger partial charge in [0.25, 0.3) is 6.43 Å². The maximum Gasteiger partial charge on any atom is 0.310 e. The number of pyridine rings is 1. The molecule has 1 rings (SSSR count). The second kappa shape index (κ2) is 7.13. The van der Waals surface area contributed by atoms with E-state index in [4.69, 9.17) is 4.74 Å². The van der Waals surface area contributed by atoms with Crippen LogP contribution < -0.4 is 0 Å². The second-order valence-electron chi connectivity index (χ2n) is 3.39. The fourth-order valence-electron chi connectivity index (χ4n) is 1.37. The molecule has 1 aromatic heterocycles. The van der Waals surface area contributed by atoms with Crippen LogP contribution in [0.25, 0.3) is 0 Å². The molecule has 1 heterocycles. The van der Waals surface area contributed by atoms with Gasteiger partial charge < -0.3 is 4.74 Å². The highest BCUT2D eigenvalue weighted by atomic mass is 79.9. The van der Waals surface area contributed by atoms with Gasteiger partial charge in [0.15, 0.2) is 0 Å². The van der Waals surface area contributed by atoms with E-state index in [9.17, 15) is 13.6 Å². The Morgan fingerprint density at radius 2 is 2.22 bits per heavy atom. The molecular weight excluding hydrogens is 376 g/mol. The Bertz CT molecular complexity index is 441. The van der Waals surface area contributed by atoms with E-state index in [1.54, 1.807) is 6.92 Å². The van der Waals surface area contributed by atoms with Crippen LogP contribution in [0.5, 0.6) is 0 Å². The number of ether oxygens (including phenoxy) is 1. The van der Waals surface area contributed by atoms with Gasteiger partial charge in [-0.05, 0) is 34.5 Å². The molecule has 0 atom stereocenters. The van der Waals surface area contributed by atoms with Crippen molar-refractivity contribution >= 4 is 37.8 Å². The quantitative estimate of drug-likeness (QED) is 0.439. The van der Waals surface area contributed by atoms with Gasteiger partial charge in [0.1, 0.15) is 4.60 Å². The lowest BCUT2D eigenvalue weighted by atomic mass is 10.1. The molecule has 0 fully saturated rings. The summed E-state index contributed by atoms with van der Waals surface area (Å²) in [7, 11) is 0. The van der Waals surface area contributed by atoms with E-state index in [1.165, 1.54) is 6.07 Å². The number of nitrogens with zero attached hydrogens (tertiary/aromatic N) is 1. The lowest BCUT2D eigenvalue weighted by molar-refractivity contribution is -0.142. The van der Waals surface area contributed by atoms with Gasteiger partial charge in [0.05, 0.1) is 24.3 Å². The maximum absolute atomic E-state index is 12.7. The molecule has 0 bridgehead atoms. The number of rotatable bonds is 5. The zero-order chi connectivity index (χ0) is 13.7. The number of carbonyl (C=O) groups is 1. The van der Waals surface area contributed by atoms with Crippen LogP contribution in [0.4, 0.5) is 8.78 Å². The Hall–Kier alpha value is -0.560. The minimum atomic E-state index is -2.64. The SMILES string of the molecule is CCOC(=O)Cc1cc(C(F)F)c(Br)nc1CBr. The molecule has 3 nitrogen and oxygen atoms in total. The Labute approximate surface area is 120 Å². The van der Waals surface area contributed by atoms with Crippen LogP contribution >= 0.6 is 31.9 Å². The Morgan fingerprint density at radius 1 is 1.56 bits per heavy atom. The molecule has 0 aliphatic heterocycles. The summed E-state index contributed by atoms with van der Waals surface area (Å²) in [5.41, 5.74) is 0.766. The van der Waals surface area contributed by atoms with E-state index in [0.717, 1.165) is 0 Å². The Balaban J connectivity index is 3.08. The van der Waals surface area contributed by atoms with Crippen molar-refractivity contribution in [3.8, 4) is 0 Å². The molecule has 0 aliphatic carbocycles. The Kier molecular flexibility index (Phi) is 6.14. The van der Waals surface area contributed by atoms with Crippen molar-refractivity contribution in [3.05, 3.63) is 27.5 Å². The molecule has 0 radical (unpaired) electrons. The predicted molar refractivity (Wildman–Crippen MR) is 69.9 cm³/mol. The normalized spacial score (nSPS) is 10.8. The van der Waals surface area contributed by atoms with E-state index in [-0.39, 0.29) is 23.2 Å². The monoisotopic (exact) mass is 385 g/mol. The topological polar surface area (TPSA) is 39.2 Å². The van der Waals surface area contributed by atoms with Gasteiger partial charge in [-0.2, -0.15) is 0 Å². The molecule has 18 heavy (non-hydrogen) atoms. The zero-order valence-corrected chi connectivity index (χ0v) is 12.7. The third-order valence-corrected chi connectivity index (χ3v) is 3.34. The molecular formula is C11H11Br2F2NO2. The second-order valence-corrected chi connectivity index (χ2v) is 4.70. The summed E-state index contributed by atoms with van der Waals surface area (Å²) in [4.78, 5) is 15.4. The number of alkyl halides is 3. The van der Waals surface area contributed by atoms with Crippen molar-refractivity contribution in [2.24, 2.45) is 0 Å². The molecule has 0 N–H and O–H groups in total. The summed E-state index contributed by atoms with van der Waals surface area (Å²) in [5.74, 6) is -0.455. The fraction of sp³-hybridized carbons (Fsp3) is 0.455. The third kappa shape index (κ3) is 3.98. The molecule has 7 heteroatoms. The van der Waals surface area contributed by atoms with Crippen LogP contribution in [-0.4, -0.2) is 17.6 Å². The summed E-state index contributed by atoms with van der Waals surface area (Å²) in [6, 6.07) is 1.29. The highest BCUT2D eigenvalue weighted by Crippen LogP contribution is 2.28. The minimum absolute atomic E-state index is 0.0607. The fourth-order valence-corrected chi connectivity index (χ4v) is 2.36. The van der Waals surface area contributed by atoms with Gasteiger partial charge in [-0.1, -0.05) is 15.9 Å². The van der Waals surface area contributed by atoms with Crippen molar-refractivity contribution in [1.29, 1.82) is 0 Å². The summed E-state index contributed by atoms with van der Waals surface area (Å²) in [5, 5.41) is 0.379. The molecule has 0 aliphatic rings. The molecule has 0 spiro atoms. The van der Waals surface area contributed by atoms with Crippen LogP contribution in [0.2, 0.25) is 0 Å². The molecule has 0 saturated carbocycles. The largest absolute Gasteiger partial charge is 0.466 e. The predicted octanol–water partition coefficient (Wildman–Crippen LogP) is 3.78. The van der Waals surface area contributed by atoms with Crippen molar-refractivity contribution in [1.82, 2.24) is 4.98 Å². The summed E-state index contributed by atoms with van der Waals surface area (Å²) in [6.07, 6.45) is -2.70. The van der Waals surface area contributed by atoms with E-state index in [2.05, 4.69) is 36.8 Å². The van der Waals surface area contributed by atoms with Crippen LogP contribution in [0.1, 0.15) is 30.2 Å². The smallest absolute Gasteiger partial charge is 0.310 e. The number of hydrogen-bond acceptors (Lipinski definition) is 3. The number of esters is 1. The average Bonchev–Trinajstić information content (AvgIpc) is 2.30. The third-order valence-electron chi connectivity index (χ3n) is 2.17. The van der Waals surface area contributed by atoms with Gasteiger partial charge in [0, 0.05) is 5.33 Å². The van der Waals surface area contributed by atoms with Crippen molar-refractivity contribution in [3.63, 3.8) is 0 Å². The van der Waals surface area contributed by atoms with Gasteiger partial charge in [-0.3, -0.25) is 4.79 Å². The first-order chi connectivity index (χ1) is 8.49. The Morgan fingerprint density at radius 3 is 2.72 bits per heavy atom. The van der Waals surface area contributed by atoms with E-state index < -0.39 is 12.4 Å². The first kappa shape index (κ1) is 15.5. The van der Waals surface area contributed by atoms with Gasteiger partial charge in [0.2, 0.25) is 0 Å². The highest BCUT2D eigenvalue weighted by Gasteiger charge is 2.18. The lowest BCUT2D eigenvalue weighted by Crippen LogP contribution is -2.11. The molecule has 0 aromatic carbocycles. The first-order valence-electron chi connectivity index (χ1n) is 5.17. The summed E-state index contributed by atoms with van der Waals surface area (Å²) < 4.78 is 30.4. The van der Waals surface area contributed by atoms with Gasteiger partial charge in [-0.15, -0.1) is 0 Å². The van der Waals surface area contributed by atoms with E-state index >= 15 is 0 Å². The van der Waals surface area contributed by atoms with Gasteiger partial charge in [-0.25, -0.2) is 13.8 Å². The summed E-state index contributed by atoms with van der Waals surface area (Å²) >= 11 is 6.20. The molecule has 100 valence electrons. The standard InChI is InChI=1S/C11H11Br2F2NO2/c1-2-18-9(17)4-6-3-7(11(14)15)10(13)16-8(6)5-12/h3,11H,2,4-5H2,1H3. The number of hydrogen-bond donors (Lipinski definition) is 0. The molecule has 1 aromatic rings. The van der Waals surface area contributed by atoms with Crippen LogP contribution in [0, 0.1) is 0 Å². The van der Waals surface area contributed by atoms with Crippen LogP contribution in [-0.2, 0) is 21.3 Å². The maximum atomic E-state index is 12.7. The first-order valence-corrected chi connectivity index (χ1v) is 7.09. The molecule has 0 saturated heterocycles. The molecule has 0 amide bonds. The van der Waals surface area contributed by atoms with Crippen molar-refractivity contribution in [2.45, 2.75) is 25.1 Å². The van der Waals surface area contributed by atoms with E-state index in [1.807, 2.05) is 0 Å². The minimum Gasteiger partial charge on any atom is -0.466 e. The van der Waals surface area contributed by atoms with Gasteiger partial charge >= 0.3 is 5.97 Å². The van der Waals surface area contributed by atoms with Crippen molar-refractivity contribution < 1.29 is 18.3 Å².